The lowest BCUT2D eigenvalue weighted by atomic mass is 10.1. The molecule has 0 bridgehead atoms. The summed E-state index contributed by atoms with van der Waals surface area (Å²) in [6.45, 7) is 8.05. The van der Waals surface area contributed by atoms with E-state index in [1.807, 2.05) is 0 Å². The third-order valence-electron chi connectivity index (χ3n) is 3.53. The molecule has 1 aliphatic rings. The summed E-state index contributed by atoms with van der Waals surface area (Å²) in [5, 5.41) is 3.36. The Bertz CT molecular complexity index is 238. The van der Waals surface area contributed by atoms with Gasteiger partial charge in [-0.1, -0.05) is 6.92 Å². The normalized spacial score (nSPS) is 20.7. The van der Waals surface area contributed by atoms with Gasteiger partial charge < -0.3 is 10.2 Å². The average Bonchev–Trinajstić information content (AvgIpc) is 2.30. The van der Waals surface area contributed by atoms with E-state index < -0.39 is 12.7 Å². The number of nitrogens with one attached hydrogen (secondary N) is 1. The van der Waals surface area contributed by atoms with E-state index in [9.17, 15) is 13.2 Å². The zero-order chi connectivity index (χ0) is 14.3. The predicted octanol–water partition coefficient (Wildman–Crippen LogP) is 1.94. The number of halogens is 3. The van der Waals surface area contributed by atoms with Gasteiger partial charge in [0.2, 0.25) is 0 Å². The van der Waals surface area contributed by atoms with Gasteiger partial charge in [-0.15, -0.1) is 0 Å². The Morgan fingerprint density at radius 3 is 2.21 bits per heavy atom. The first-order chi connectivity index (χ1) is 8.90. The Balaban J connectivity index is 2.10. The van der Waals surface area contributed by atoms with Crippen LogP contribution in [0.15, 0.2) is 0 Å². The fourth-order valence-electron chi connectivity index (χ4n) is 2.50. The summed E-state index contributed by atoms with van der Waals surface area (Å²) < 4.78 is 36.7. The molecule has 114 valence electrons. The molecule has 1 rings (SSSR count). The second-order valence-corrected chi connectivity index (χ2v) is 5.33. The molecular weight excluding hydrogens is 255 g/mol. The van der Waals surface area contributed by atoms with Crippen LogP contribution in [0.2, 0.25) is 0 Å². The molecule has 0 aromatic heterocycles. The summed E-state index contributed by atoms with van der Waals surface area (Å²) in [5.41, 5.74) is 0. The van der Waals surface area contributed by atoms with Crippen molar-refractivity contribution in [3.8, 4) is 0 Å². The van der Waals surface area contributed by atoms with E-state index in [4.69, 9.17) is 0 Å². The molecule has 0 radical (unpaired) electrons. The van der Waals surface area contributed by atoms with Gasteiger partial charge >= 0.3 is 6.18 Å². The van der Waals surface area contributed by atoms with Gasteiger partial charge in [-0.2, -0.15) is 13.2 Å². The smallest absolute Gasteiger partial charge is 0.315 e. The summed E-state index contributed by atoms with van der Waals surface area (Å²) >= 11 is 0. The van der Waals surface area contributed by atoms with Crippen LogP contribution in [0.3, 0.4) is 0 Å². The van der Waals surface area contributed by atoms with Gasteiger partial charge in [0.25, 0.3) is 0 Å². The van der Waals surface area contributed by atoms with Crippen LogP contribution in [0, 0.1) is 0 Å². The molecule has 1 saturated heterocycles. The monoisotopic (exact) mass is 281 g/mol. The summed E-state index contributed by atoms with van der Waals surface area (Å²) in [5.74, 6) is 0. The number of rotatable bonds is 7. The molecule has 1 unspecified atom stereocenters. The van der Waals surface area contributed by atoms with E-state index >= 15 is 0 Å². The van der Waals surface area contributed by atoms with Gasteiger partial charge in [-0.05, 0) is 32.9 Å². The molecule has 0 aliphatic carbocycles. The van der Waals surface area contributed by atoms with Crippen LogP contribution in [-0.2, 0) is 0 Å². The largest absolute Gasteiger partial charge is 0.401 e. The van der Waals surface area contributed by atoms with Gasteiger partial charge in [0.05, 0.1) is 6.54 Å². The fraction of sp³-hybridized carbons (Fsp3) is 1.00. The zero-order valence-electron chi connectivity index (χ0n) is 12.0. The molecule has 1 aliphatic heterocycles. The summed E-state index contributed by atoms with van der Waals surface area (Å²) in [4.78, 5) is 3.77. The predicted molar refractivity (Wildman–Crippen MR) is 71.3 cm³/mol. The summed E-state index contributed by atoms with van der Waals surface area (Å²) in [6, 6.07) is 0.525. The van der Waals surface area contributed by atoms with Crippen molar-refractivity contribution in [3.05, 3.63) is 0 Å². The summed E-state index contributed by atoms with van der Waals surface area (Å²) in [6.07, 6.45) is -1.84. The fourth-order valence-corrected chi connectivity index (χ4v) is 2.50. The van der Waals surface area contributed by atoms with E-state index in [-0.39, 0.29) is 0 Å². The van der Waals surface area contributed by atoms with Gasteiger partial charge in [0, 0.05) is 32.2 Å². The number of hydrogen-bond acceptors (Lipinski definition) is 3. The van der Waals surface area contributed by atoms with Crippen LogP contribution in [0.4, 0.5) is 13.2 Å². The van der Waals surface area contributed by atoms with Crippen molar-refractivity contribution in [3.63, 3.8) is 0 Å². The number of hydrogen-bond donors (Lipinski definition) is 1. The highest BCUT2D eigenvalue weighted by atomic mass is 19.4. The number of alkyl halides is 3. The van der Waals surface area contributed by atoms with Crippen molar-refractivity contribution < 1.29 is 13.2 Å². The van der Waals surface area contributed by atoms with Crippen LogP contribution < -0.4 is 5.32 Å². The standard InChI is InChI=1S/C13H26F3N3/c1-3-17-12(2)5-4-6-18-7-9-19(10-8-18)11-13(14,15)16/h12,17H,3-11H2,1-2H3. The average molecular weight is 281 g/mol. The molecule has 1 heterocycles. The van der Waals surface area contributed by atoms with Crippen LogP contribution in [0.5, 0.6) is 0 Å². The van der Waals surface area contributed by atoms with Crippen LogP contribution in [-0.4, -0.2) is 67.8 Å². The molecule has 19 heavy (non-hydrogen) atoms. The molecule has 1 N–H and O–H groups in total. The Hall–Kier alpha value is -0.330. The van der Waals surface area contributed by atoms with E-state index in [2.05, 4.69) is 24.1 Å². The van der Waals surface area contributed by atoms with E-state index in [0.717, 1.165) is 39.0 Å². The maximum atomic E-state index is 12.2. The van der Waals surface area contributed by atoms with Gasteiger partial charge in [-0.3, -0.25) is 4.90 Å². The minimum atomic E-state index is -4.07. The topological polar surface area (TPSA) is 18.5 Å². The molecule has 1 atom stereocenters. The van der Waals surface area contributed by atoms with Crippen molar-refractivity contribution in [1.29, 1.82) is 0 Å². The number of nitrogens with zero attached hydrogens (tertiary/aromatic N) is 2. The Morgan fingerprint density at radius 2 is 1.68 bits per heavy atom. The lowest BCUT2D eigenvalue weighted by molar-refractivity contribution is -0.149. The lowest BCUT2D eigenvalue weighted by Crippen LogP contribution is -2.49. The molecule has 6 heteroatoms. The molecule has 0 aromatic carbocycles. The van der Waals surface area contributed by atoms with Crippen molar-refractivity contribution >= 4 is 0 Å². The van der Waals surface area contributed by atoms with Gasteiger partial charge in [0.1, 0.15) is 0 Å². The van der Waals surface area contributed by atoms with E-state index in [1.54, 1.807) is 0 Å². The quantitative estimate of drug-likeness (QED) is 0.769. The molecule has 0 aromatic rings. The zero-order valence-corrected chi connectivity index (χ0v) is 12.0. The molecule has 3 nitrogen and oxygen atoms in total. The first-order valence-corrected chi connectivity index (χ1v) is 7.15. The summed E-state index contributed by atoms with van der Waals surface area (Å²) in [7, 11) is 0. The minimum absolute atomic E-state index is 0.525. The van der Waals surface area contributed by atoms with Gasteiger partial charge in [0.15, 0.2) is 0 Å². The molecule has 1 fully saturated rings. The molecule has 0 amide bonds. The Labute approximate surface area is 114 Å². The van der Waals surface area contributed by atoms with Crippen molar-refractivity contribution in [1.82, 2.24) is 15.1 Å². The van der Waals surface area contributed by atoms with Crippen LogP contribution >= 0.6 is 0 Å². The van der Waals surface area contributed by atoms with E-state index in [1.165, 1.54) is 4.90 Å². The lowest BCUT2D eigenvalue weighted by Gasteiger charge is -2.35. The molecule has 0 spiro atoms. The number of piperazine rings is 1. The Morgan fingerprint density at radius 1 is 1.11 bits per heavy atom. The maximum Gasteiger partial charge on any atom is 0.401 e. The highest BCUT2D eigenvalue weighted by Crippen LogP contribution is 2.17. The second-order valence-electron chi connectivity index (χ2n) is 5.33. The Kier molecular flexibility index (Phi) is 7.10. The SMILES string of the molecule is CCNC(C)CCCN1CCN(CC(F)(F)F)CC1. The third-order valence-corrected chi connectivity index (χ3v) is 3.53. The molecule has 0 saturated carbocycles. The first kappa shape index (κ1) is 16.7. The highest BCUT2D eigenvalue weighted by molar-refractivity contribution is 4.74. The van der Waals surface area contributed by atoms with Crippen LogP contribution in [0.1, 0.15) is 26.7 Å². The van der Waals surface area contributed by atoms with Crippen LogP contribution in [0.25, 0.3) is 0 Å². The van der Waals surface area contributed by atoms with Crippen molar-refractivity contribution in [2.45, 2.75) is 38.9 Å². The van der Waals surface area contributed by atoms with Crippen molar-refractivity contribution in [2.24, 2.45) is 0 Å². The minimum Gasteiger partial charge on any atom is -0.315 e. The first-order valence-electron chi connectivity index (χ1n) is 7.15. The molecular formula is C13H26F3N3. The van der Waals surface area contributed by atoms with Gasteiger partial charge in [-0.25, -0.2) is 0 Å². The van der Waals surface area contributed by atoms with E-state index in [0.29, 0.717) is 19.1 Å². The third kappa shape index (κ3) is 7.74. The van der Waals surface area contributed by atoms with Crippen molar-refractivity contribution in [2.75, 3.05) is 45.8 Å². The highest BCUT2D eigenvalue weighted by Gasteiger charge is 2.31. The second kappa shape index (κ2) is 8.07. The maximum absolute atomic E-state index is 12.2.